The molecule has 1 amide bonds. The van der Waals surface area contributed by atoms with Gasteiger partial charge >= 0.3 is 0 Å². The first-order chi connectivity index (χ1) is 14.7. The Morgan fingerprint density at radius 1 is 1.10 bits per heavy atom. The van der Waals surface area contributed by atoms with E-state index in [0.29, 0.717) is 12.1 Å². The molecule has 3 aromatic carbocycles. The molecule has 1 aromatic heterocycles. The highest BCUT2D eigenvalue weighted by molar-refractivity contribution is 5.98. The minimum absolute atomic E-state index is 0.0438. The number of hydrogen-bond donors (Lipinski definition) is 1. The van der Waals surface area contributed by atoms with E-state index in [4.69, 9.17) is 0 Å². The van der Waals surface area contributed by atoms with Gasteiger partial charge in [-0.25, -0.2) is 4.39 Å². The molecule has 1 heterocycles. The number of rotatable bonds is 4. The minimum Gasteiger partial charge on any atom is -0.345 e. The molecule has 0 bridgehead atoms. The number of aromatic nitrogens is 2. The molecule has 0 spiro atoms. The zero-order valence-electron chi connectivity index (χ0n) is 16.5. The van der Waals surface area contributed by atoms with Crippen molar-refractivity contribution in [2.24, 2.45) is 0 Å². The molecule has 0 aliphatic heterocycles. The van der Waals surface area contributed by atoms with Crippen LogP contribution < -0.4 is 5.32 Å². The number of nitrogens with zero attached hydrogens (tertiary/aromatic N) is 2. The quantitative estimate of drug-likeness (QED) is 0.523. The summed E-state index contributed by atoms with van der Waals surface area (Å²) in [6.07, 6.45) is 4.88. The summed E-state index contributed by atoms with van der Waals surface area (Å²) >= 11 is 0. The molecule has 1 atom stereocenters. The fourth-order valence-electron chi connectivity index (χ4n) is 4.25. The van der Waals surface area contributed by atoms with Gasteiger partial charge in [-0.2, -0.15) is 5.10 Å². The second kappa shape index (κ2) is 7.75. The number of nitrogens with one attached hydrogen (secondary N) is 1. The molecule has 30 heavy (non-hydrogen) atoms. The lowest BCUT2D eigenvalue weighted by Crippen LogP contribution is -2.30. The Bertz CT molecular complexity index is 1210. The third-order valence-electron chi connectivity index (χ3n) is 5.83. The standard InChI is InChI=1S/C25H22FN3O/c26-21-12-8-17(9-13-21)16-29-24-14-19(10-11-20(24)15-27-29)25(30)28-23-7-3-5-18-4-1-2-6-22(18)23/h1-2,4,6,8-15,23H,3,5,7,16H2,(H,28,30). The summed E-state index contributed by atoms with van der Waals surface area (Å²) in [5.41, 5.74) is 5.00. The Labute approximate surface area is 174 Å². The summed E-state index contributed by atoms with van der Waals surface area (Å²) in [5, 5.41) is 8.63. The van der Waals surface area contributed by atoms with Crippen LogP contribution in [0.4, 0.5) is 4.39 Å². The number of fused-ring (bicyclic) bond motifs is 2. The van der Waals surface area contributed by atoms with Gasteiger partial charge in [0.25, 0.3) is 5.91 Å². The Morgan fingerprint density at radius 2 is 1.93 bits per heavy atom. The van der Waals surface area contributed by atoms with E-state index >= 15 is 0 Å². The predicted molar refractivity (Wildman–Crippen MR) is 115 cm³/mol. The number of amides is 1. The zero-order valence-corrected chi connectivity index (χ0v) is 16.5. The third kappa shape index (κ3) is 3.59. The van der Waals surface area contributed by atoms with Crippen LogP contribution in [0.5, 0.6) is 0 Å². The van der Waals surface area contributed by atoms with Crippen molar-refractivity contribution in [3.8, 4) is 0 Å². The van der Waals surface area contributed by atoms with Crippen molar-refractivity contribution in [1.29, 1.82) is 0 Å². The van der Waals surface area contributed by atoms with Crippen molar-refractivity contribution in [3.05, 3.63) is 101 Å². The largest absolute Gasteiger partial charge is 0.345 e. The van der Waals surface area contributed by atoms with E-state index in [1.165, 1.54) is 23.3 Å². The van der Waals surface area contributed by atoms with Crippen LogP contribution in [-0.4, -0.2) is 15.7 Å². The molecule has 0 radical (unpaired) electrons. The second-order valence-electron chi connectivity index (χ2n) is 7.82. The predicted octanol–water partition coefficient (Wildman–Crippen LogP) is 5.03. The number of carbonyl (C=O) groups excluding carboxylic acids is 1. The van der Waals surface area contributed by atoms with E-state index in [-0.39, 0.29) is 17.8 Å². The van der Waals surface area contributed by atoms with Crippen molar-refractivity contribution in [2.45, 2.75) is 31.8 Å². The maximum absolute atomic E-state index is 13.2. The van der Waals surface area contributed by atoms with E-state index in [0.717, 1.165) is 35.7 Å². The van der Waals surface area contributed by atoms with Crippen LogP contribution in [0, 0.1) is 5.82 Å². The van der Waals surface area contributed by atoms with Gasteiger partial charge in [0, 0.05) is 10.9 Å². The summed E-state index contributed by atoms with van der Waals surface area (Å²) in [7, 11) is 0. The lowest BCUT2D eigenvalue weighted by atomic mass is 9.87. The molecule has 4 aromatic rings. The van der Waals surface area contributed by atoms with Crippen LogP contribution in [0.1, 0.15) is 45.9 Å². The maximum atomic E-state index is 13.2. The highest BCUT2D eigenvalue weighted by atomic mass is 19.1. The van der Waals surface area contributed by atoms with Gasteiger partial charge in [0.1, 0.15) is 5.82 Å². The molecule has 1 aliphatic carbocycles. The Balaban J connectivity index is 1.39. The van der Waals surface area contributed by atoms with Gasteiger partial charge < -0.3 is 5.32 Å². The molecule has 0 saturated heterocycles. The monoisotopic (exact) mass is 399 g/mol. The molecule has 1 unspecified atom stereocenters. The van der Waals surface area contributed by atoms with Crippen LogP contribution in [-0.2, 0) is 13.0 Å². The van der Waals surface area contributed by atoms with Crippen molar-refractivity contribution < 1.29 is 9.18 Å². The molecule has 4 nitrogen and oxygen atoms in total. The fraction of sp³-hybridized carbons (Fsp3) is 0.200. The smallest absolute Gasteiger partial charge is 0.251 e. The summed E-state index contributed by atoms with van der Waals surface area (Å²) in [6.45, 7) is 0.519. The Morgan fingerprint density at radius 3 is 2.80 bits per heavy atom. The number of carbonyl (C=O) groups is 1. The first kappa shape index (κ1) is 18.6. The first-order valence-electron chi connectivity index (χ1n) is 10.3. The molecule has 150 valence electrons. The van der Waals surface area contributed by atoms with Gasteiger partial charge in [-0.15, -0.1) is 0 Å². The van der Waals surface area contributed by atoms with E-state index in [2.05, 4.69) is 28.6 Å². The van der Waals surface area contributed by atoms with Crippen molar-refractivity contribution >= 4 is 16.8 Å². The average Bonchev–Trinajstić information content (AvgIpc) is 3.17. The second-order valence-corrected chi connectivity index (χ2v) is 7.82. The highest BCUT2D eigenvalue weighted by Crippen LogP contribution is 2.30. The first-order valence-corrected chi connectivity index (χ1v) is 10.3. The van der Waals surface area contributed by atoms with Crippen LogP contribution in [0.15, 0.2) is 72.9 Å². The van der Waals surface area contributed by atoms with Crippen LogP contribution in [0.25, 0.3) is 10.9 Å². The molecular formula is C25H22FN3O. The summed E-state index contributed by atoms with van der Waals surface area (Å²) in [6, 6.07) is 20.4. The number of benzene rings is 3. The third-order valence-corrected chi connectivity index (χ3v) is 5.83. The number of halogens is 1. The van der Waals surface area contributed by atoms with E-state index in [1.54, 1.807) is 18.3 Å². The number of aryl methyl sites for hydroxylation is 1. The summed E-state index contributed by atoms with van der Waals surface area (Å²) < 4.78 is 15.0. The normalized spacial score (nSPS) is 15.7. The van der Waals surface area contributed by atoms with Gasteiger partial charge in [0.2, 0.25) is 0 Å². The molecule has 1 N–H and O–H groups in total. The average molecular weight is 399 g/mol. The topological polar surface area (TPSA) is 46.9 Å². The summed E-state index contributed by atoms with van der Waals surface area (Å²) in [5.74, 6) is -0.333. The number of hydrogen-bond acceptors (Lipinski definition) is 2. The van der Waals surface area contributed by atoms with Crippen molar-refractivity contribution in [3.63, 3.8) is 0 Å². The van der Waals surface area contributed by atoms with Gasteiger partial charge in [-0.3, -0.25) is 9.48 Å². The molecule has 0 fully saturated rings. The van der Waals surface area contributed by atoms with Gasteiger partial charge in [-0.1, -0.05) is 42.5 Å². The summed E-state index contributed by atoms with van der Waals surface area (Å²) in [4.78, 5) is 13.0. The van der Waals surface area contributed by atoms with Gasteiger partial charge in [0.15, 0.2) is 0 Å². The SMILES string of the molecule is O=C(NC1CCCc2ccccc21)c1ccc2cnn(Cc3ccc(F)cc3)c2c1. The molecule has 1 aliphatic rings. The molecule has 0 saturated carbocycles. The minimum atomic E-state index is -0.257. The molecular weight excluding hydrogens is 377 g/mol. The van der Waals surface area contributed by atoms with E-state index < -0.39 is 0 Å². The van der Waals surface area contributed by atoms with Crippen LogP contribution in [0.3, 0.4) is 0 Å². The maximum Gasteiger partial charge on any atom is 0.251 e. The lowest BCUT2D eigenvalue weighted by Gasteiger charge is -2.26. The van der Waals surface area contributed by atoms with Gasteiger partial charge in [0.05, 0.1) is 24.3 Å². The highest BCUT2D eigenvalue weighted by Gasteiger charge is 2.22. The zero-order chi connectivity index (χ0) is 20.5. The van der Waals surface area contributed by atoms with Crippen LogP contribution in [0.2, 0.25) is 0 Å². The van der Waals surface area contributed by atoms with Crippen LogP contribution >= 0.6 is 0 Å². The Hall–Kier alpha value is -3.47. The lowest BCUT2D eigenvalue weighted by molar-refractivity contribution is 0.0933. The van der Waals surface area contributed by atoms with Crippen molar-refractivity contribution in [2.75, 3.05) is 0 Å². The molecule has 5 rings (SSSR count). The van der Waals surface area contributed by atoms with Crippen molar-refractivity contribution in [1.82, 2.24) is 15.1 Å². The van der Waals surface area contributed by atoms with E-state index in [1.807, 2.05) is 28.9 Å². The van der Waals surface area contributed by atoms with Gasteiger partial charge in [-0.05, 0) is 60.2 Å². The van der Waals surface area contributed by atoms with E-state index in [9.17, 15) is 9.18 Å². The fourth-order valence-corrected chi connectivity index (χ4v) is 4.25. The Kier molecular flexibility index (Phi) is 4.79. The molecule has 5 heteroatoms.